The van der Waals surface area contributed by atoms with Gasteiger partial charge in [0.1, 0.15) is 5.75 Å². The molecule has 0 spiro atoms. The van der Waals surface area contributed by atoms with Crippen LogP contribution in [0.15, 0.2) is 24.3 Å². The Morgan fingerprint density at radius 3 is 2.28 bits per heavy atom. The average molecular weight is 251 g/mol. The summed E-state index contributed by atoms with van der Waals surface area (Å²) in [5.41, 5.74) is 0.592. The van der Waals surface area contributed by atoms with Crippen molar-refractivity contribution >= 4 is 5.91 Å². The van der Waals surface area contributed by atoms with Crippen LogP contribution in [-0.4, -0.2) is 41.7 Å². The fraction of sp³-hybridized carbons (Fsp3) is 0.500. The van der Waals surface area contributed by atoms with Crippen LogP contribution in [0.5, 0.6) is 5.75 Å². The highest BCUT2D eigenvalue weighted by Gasteiger charge is 2.13. The van der Waals surface area contributed by atoms with E-state index in [1.165, 1.54) is 4.90 Å². The van der Waals surface area contributed by atoms with Crippen molar-refractivity contribution in [2.45, 2.75) is 33.0 Å². The van der Waals surface area contributed by atoms with E-state index in [9.17, 15) is 9.90 Å². The second-order valence-electron chi connectivity index (χ2n) is 4.73. The molecule has 100 valence electrons. The molecule has 0 aromatic heterocycles. The van der Waals surface area contributed by atoms with Gasteiger partial charge in [0, 0.05) is 19.2 Å². The molecule has 1 amide bonds. The van der Waals surface area contributed by atoms with Gasteiger partial charge in [-0.2, -0.15) is 0 Å². The maximum atomic E-state index is 12.0. The van der Waals surface area contributed by atoms with E-state index in [4.69, 9.17) is 4.74 Å². The van der Waals surface area contributed by atoms with Crippen molar-refractivity contribution in [3.05, 3.63) is 29.8 Å². The van der Waals surface area contributed by atoms with Crippen LogP contribution in [0, 0.1) is 0 Å². The van der Waals surface area contributed by atoms with E-state index in [1.807, 2.05) is 13.8 Å². The molecular formula is C14H21NO3. The average Bonchev–Trinajstić information content (AvgIpc) is 2.27. The fourth-order valence-electron chi connectivity index (χ4n) is 1.65. The number of hydrogen-bond acceptors (Lipinski definition) is 3. The van der Waals surface area contributed by atoms with Crippen molar-refractivity contribution in [1.29, 1.82) is 0 Å². The summed E-state index contributed by atoms with van der Waals surface area (Å²) in [6.45, 7) is 5.89. The number of aliphatic hydroxyl groups is 1. The van der Waals surface area contributed by atoms with Gasteiger partial charge in [-0.25, -0.2) is 0 Å². The number of carbonyl (C=O) groups excluding carboxylic acids is 1. The third kappa shape index (κ3) is 4.37. The molecule has 0 aliphatic rings. The lowest BCUT2D eigenvalue weighted by Gasteiger charge is -2.19. The van der Waals surface area contributed by atoms with Gasteiger partial charge in [-0.15, -0.1) is 0 Å². The van der Waals surface area contributed by atoms with Gasteiger partial charge in [-0.1, -0.05) is 0 Å². The predicted octanol–water partition coefficient (Wildman–Crippen LogP) is 1.93. The first kappa shape index (κ1) is 14.5. The molecule has 1 aromatic rings. The Labute approximate surface area is 108 Å². The highest BCUT2D eigenvalue weighted by molar-refractivity contribution is 5.94. The van der Waals surface area contributed by atoms with Crippen LogP contribution in [0.4, 0.5) is 0 Å². The molecule has 0 aliphatic heterocycles. The summed E-state index contributed by atoms with van der Waals surface area (Å²) in [4.78, 5) is 13.5. The highest BCUT2D eigenvalue weighted by Crippen LogP contribution is 2.14. The fourth-order valence-corrected chi connectivity index (χ4v) is 1.65. The molecule has 0 fully saturated rings. The number of ether oxygens (including phenoxy) is 1. The number of benzene rings is 1. The van der Waals surface area contributed by atoms with Crippen LogP contribution in [0.2, 0.25) is 0 Å². The minimum atomic E-state index is -0.525. The smallest absolute Gasteiger partial charge is 0.253 e. The predicted molar refractivity (Wildman–Crippen MR) is 70.8 cm³/mol. The molecule has 1 aromatic carbocycles. The van der Waals surface area contributed by atoms with Crippen molar-refractivity contribution in [2.24, 2.45) is 0 Å². The number of likely N-dealkylation sites (N-methyl/N-ethyl adjacent to an activating group) is 1. The van der Waals surface area contributed by atoms with Crippen LogP contribution in [0.25, 0.3) is 0 Å². The first-order valence-corrected chi connectivity index (χ1v) is 6.10. The van der Waals surface area contributed by atoms with E-state index in [-0.39, 0.29) is 12.0 Å². The van der Waals surface area contributed by atoms with Crippen molar-refractivity contribution in [2.75, 3.05) is 13.6 Å². The third-order valence-electron chi connectivity index (χ3n) is 2.36. The summed E-state index contributed by atoms with van der Waals surface area (Å²) in [6.07, 6.45) is -0.410. The molecule has 1 N–H and O–H groups in total. The lowest BCUT2D eigenvalue weighted by atomic mass is 10.2. The minimum Gasteiger partial charge on any atom is -0.491 e. The molecule has 0 saturated carbocycles. The lowest BCUT2D eigenvalue weighted by Crippen LogP contribution is -2.32. The first-order chi connectivity index (χ1) is 8.40. The van der Waals surface area contributed by atoms with Gasteiger partial charge in [-0.3, -0.25) is 4.79 Å². The second kappa shape index (κ2) is 6.40. The molecule has 0 bridgehead atoms. The normalized spacial score (nSPS) is 12.3. The Morgan fingerprint density at radius 1 is 1.28 bits per heavy atom. The molecule has 1 rings (SSSR count). The summed E-state index contributed by atoms with van der Waals surface area (Å²) in [7, 11) is 1.67. The van der Waals surface area contributed by atoms with E-state index in [0.717, 1.165) is 5.75 Å². The Bertz CT molecular complexity index is 385. The number of carbonyl (C=O) groups is 1. The van der Waals surface area contributed by atoms with Gasteiger partial charge in [0.05, 0.1) is 12.2 Å². The zero-order chi connectivity index (χ0) is 13.7. The van der Waals surface area contributed by atoms with Gasteiger partial charge >= 0.3 is 0 Å². The number of rotatable bonds is 5. The molecular weight excluding hydrogens is 230 g/mol. The largest absolute Gasteiger partial charge is 0.491 e. The maximum absolute atomic E-state index is 12.0. The Balaban J connectivity index is 2.69. The standard InChI is InChI=1S/C14H21NO3/c1-10(2)18-13-7-5-12(6-8-13)14(17)15(4)9-11(3)16/h5-8,10-11,16H,9H2,1-4H3. The molecule has 0 heterocycles. The van der Waals surface area contributed by atoms with E-state index in [0.29, 0.717) is 12.1 Å². The topological polar surface area (TPSA) is 49.8 Å². The summed E-state index contributed by atoms with van der Waals surface area (Å²) >= 11 is 0. The Hall–Kier alpha value is -1.55. The third-order valence-corrected chi connectivity index (χ3v) is 2.36. The van der Waals surface area contributed by atoms with E-state index in [2.05, 4.69) is 0 Å². The molecule has 1 atom stereocenters. The van der Waals surface area contributed by atoms with Crippen molar-refractivity contribution in [3.63, 3.8) is 0 Å². The van der Waals surface area contributed by atoms with Crippen LogP contribution >= 0.6 is 0 Å². The van der Waals surface area contributed by atoms with Crippen LogP contribution < -0.4 is 4.74 Å². The Morgan fingerprint density at radius 2 is 1.83 bits per heavy atom. The maximum Gasteiger partial charge on any atom is 0.253 e. The molecule has 1 unspecified atom stereocenters. The lowest BCUT2D eigenvalue weighted by molar-refractivity contribution is 0.0703. The summed E-state index contributed by atoms with van der Waals surface area (Å²) in [6, 6.07) is 7.03. The number of amides is 1. The second-order valence-corrected chi connectivity index (χ2v) is 4.73. The van der Waals surface area contributed by atoms with Crippen molar-refractivity contribution in [1.82, 2.24) is 4.90 Å². The highest BCUT2D eigenvalue weighted by atomic mass is 16.5. The molecule has 18 heavy (non-hydrogen) atoms. The molecule has 0 radical (unpaired) electrons. The minimum absolute atomic E-state index is 0.105. The van der Waals surface area contributed by atoms with E-state index in [1.54, 1.807) is 38.2 Å². The molecule has 0 saturated heterocycles. The first-order valence-electron chi connectivity index (χ1n) is 6.10. The van der Waals surface area contributed by atoms with E-state index >= 15 is 0 Å². The Kier molecular flexibility index (Phi) is 5.16. The van der Waals surface area contributed by atoms with Crippen LogP contribution in [0.3, 0.4) is 0 Å². The van der Waals surface area contributed by atoms with Crippen molar-refractivity contribution < 1.29 is 14.6 Å². The SMILES string of the molecule is CC(O)CN(C)C(=O)c1ccc(OC(C)C)cc1. The number of nitrogens with zero attached hydrogens (tertiary/aromatic N) is 1. The summed E-state index contributed by atoms with van der Waals surface area (Å²) in [5.74, 6) is 0.645. The van der Waals surface area contributed by atoms with Gasteiger partial charge < -0.3 is 14.7 Å². The summed E-state index contributed by atoms with van der Waals surface area (Å²) in [5, 5.41) is 9.25. The molecule has 0 aliphatic carbocycles. The van der Waals surface area contributed by atoms with Gasteiger partial charge in [0.15, 0.2) is 0 Å². The summed E-state index contributed by atoms with van der Waals surface area (Å²) < 4.78 is 5.51. The molecule has 4 heteroatoms. The van der Waals surface area contributed by atoms with Gasteiger partial charge in [0.2, 0.25) is 0 Å². The van der Waals surface area contributed by atoms with Gasteiger partial charge in [-0.05, 0) is 45.0 Å². The monoisotopic (exact) mass is 251 g/mol. The zero-order valence-corrected chi connectivity index (χ0v) is 11.4. The van der Waals surface area contributed by atoms with Crippen LogP contribution in [0.1, 0.15) is 31.1 Å². The number of hydrogen-bond donors (Lipinski definition) is 1. The van der Waals surface area contributed by atoms with Gasteiger partial charge in [0.25, 0.3) is 5.91 Å². The van der Waals surface area contributed by atoms with Crippen LogP contribution in [-0.2, 0) is 0 Å². The number of aliphatic hydroxyl groups excluding tert-OH is 1. The van der Waals surface area contributed by atoms with Crippen molar-refractivity contribution in [3.8, 4) is 5.75 Å². The van der Waals surface area contributed by atoms with E-state index < -0.39 is 6.10 Å². The zero-order valence-electron chi connectivity index (χ0n) is 11.4. The quantitative estimate of drug-likeness (QED) is 0.870. The molecule has 4 nitrogen and oxygen atoms in total.